The van der Waals surface area contributed by atoms with Crippen molar-refractivity contribution in [3.8, 4) is 0 Å². The van der Waals surface area contributed by atoms with Gasteiger partial charge in [0, 0.05) is 44.6 Å². The van der Waals surface area contributed by atoms with Crippen LogP contribution in [0.2, 0.25) is 5.02 Å². The largest absolute Gasteiger partial charge is 0.368 e. The standard InChI is InChI=1S/C14H23ClN4/c1-2-12(3-5-16)18-7-9-19(10-8-18)14-4-6-17-11-13(14)15/h4,6,11-12H,2-3,5,7-10,16H2,1H3. The van der Waals surface area contributed by atoms with Crippen molar-refractivity contribution in [3.63, 3.8) is 0 Å². The fourth-order valence-electron chi connectivity index (χ4n) is 2.79. The highest BCUT2D eigenvalue weighted by molar-refractivity contribution is 6.33. The number of rotatable bonds is 5. The Kier molecular flexibility index (Phi) is 5.43. The third-order valence-corrected chi connectivity index (χ3v) is 4.18. The van der Waals surface area contributed by atoms with Crippen molar-refractivity contribution in [1.29, 1.82) is 0 Å². The molecule has 2 rings (SSSR count). The zero-order chi connectivity index (χ0) is 13.7. The Bertz CT molecular complexity index is 391. The molecule has 2 heterocycles. The Morgan fingerprint density at radius 1 is 1.37 bits per heavy atom. The second-order valence-electron chi connectivity index (χ2n) is 4.99. The molecule has 106 valence electrons. The maximum absolute atomic E-state index is 6.20. The van der Waals surface area contributed by atoms with E-state index in [9.17, 15) is 0 Å². The van der Waals surface area contributed by atoms with Gasteiger partial charge in [0.25, 0.3) is 0 Å². The van der Waals surface area contributed by atoms with E-state index in [0.29, 0.717) is 6.04 Å². The number of aromatic nitrogens is 1. The van der Waals surface area contributed by atoms with Crippen molar-refractivity contribution >= 4 is 17.3 Å². The summed E-state index contributed by atoms with van der Waals surface area (Å²) < 4.78 is 0. The highest BCUT2D eigenvalue weighted by Crippen LogP contribution is 2.25. The highest BCUT2D eigenvalue weighted by atomic mass is 35.5. The van der Waals surface area contributed by atoms with Crippen LogP contribution in [0.15, 0.2) is 18.5 Å². The zero-order valence-electron chi connectivity index (χ0n) is 11.6. The molecule has 0 saturated carbocycles. The average molecular weight is 283 g/mol. The van der Waals surface area contributed by atoms with Crippen LogP contribution in [0.3, 0.4) is 0 Å². The fraction of sp³-hybridized carbons (Fsp3) is 0.643. The van der Waals surface area contributed by atoms with E-state index in [1.54, 1.807) is 12.4 Å². The van der Waals surface area contributed by atoms with E-state index >= 15 is 0 Å². The normalized spacial score (nSPS) is 18.6. The first kappa shape index (κ1) is 14.6. The van der Waals surface area contributed by atoms with E-state index in [4.69, 9.17) is 17.3 Å². The molecule has 5 heteroatoms. The number of halogens is 1. The quantitative estimate of drug-likeness (QED) is 0.897. The summed E-state index contributed by atoms with van der Waals surface area (Å²) >= 11 is 6.20. The lowest BCUT2D eigenvalue weighted by Gasteiger charge is -2.40. The van der Waals surface area contributed by atoms with E-state index in [0.717, 1.165) is 49.9 Å². The molecule has 1 fully saturated rings. The molecule has 1 atom stereocenters. The number of anilines is 1. The monoisotopic (exact) mass is 282 g/mol. The second kappa shape index (κ2) is 7.08. The Hall–Kier alpha value is -0.840. The minimum atomic E-state index is 0.625. The summed E-state index contributed by atoms with van der Waals surface area (Å²) in [6.07, 6.45) is 5.78. The predicted molar refractivity (Wildman–Crippen MR) is 80.8 cm³/mol. The predicted octanol–water partition coefficient (Wildman–Crippen LogP) is 1.98. The Labute approximate surface area is 120 Å². The maximum atomic E-state index is 6.20. The number of pyridine rings is 1. The zero-order valence-corrected chi connectivity index (χ0v) is 12.3. The number of nitrogens with two attached hydrogens (primary N) is 1. The van der Waals surface area contributed by atoms with Crippen LogP contribution in [0.25, 0.3) is 0 Å². The molecule has 0 aliphatic carbocycles. The molecule has 0 spiro atoms. The summed E-state index contributed by atoms with van der Waals surface area (Å²) in [5.41, 5.74) is 6.79. The van der Waals surface area contributed by atoms with E-state index in [1.165, 1.54) is 6.42 Å². The van der Waals surface area contributed by atoms with Crippen molar-refractivity contribution in [1.82, 2.24) is 9.88 Å². The van der Waals surface area contributed by atoms with Gasteiger partial charge < -0.3 is 10.6 Å². The third kappa shape index (κ3) is 3.59. The molecule has 1 aliphatic heterocycles. The van der Waals surface area contributed by atoms with Gasteiger partial charge in [-0.15, -0.1) is 0 Å². The summed E-state index contributed by atoms with van der Waals surface area (Å²) in [4.78, 5) is 8.93. The van der Waals surface area contributed by atoms with Gasteiger partial charge in [-0.25, -0.2) is 0 Å². The maximum Gasteiger partial charge on any atom is 0.0822 e. The first-order chi connectivity index (χ1) is 9.26. The SMILES string of the molecule is CCC(CCN)N1CCN(c2ccncc2Cl)CC1. The summed E-state index contributed by atoms with van der Waals surface area (Å²) in [6.45, 7) is 7.21. The van der Waals surface area contributed by atoms with Gasteiger partial charge in [0.2, 0.25) is 0 Å². The molecule has 1 aromatic heterocycles. The van der Waals surface area contributed by atoms with E-state index in [1.807, 2.05) is 6.07 Å². The minimum Gasteiger partial charge on any atom is -0.368 e. The van der Waals surface area contributed by atoms with Gasteiger partial charge in [0.1, 0.15) is 0 Å². The van der Waals surface area contributed by atoms with Crippen molar-refractivity contribution < 1.29 is 0 Å². The minimum absolute atomic E-state index is 0.625. The number of hydrogen-bond acceptors (Lipinski definition) is 4. The van der Waals surface area contributed by atoms with Gasteiger partial charge in [0.15, 0.2) is 0 Å². The smallest absolute Gasteiger partial charge is 0.0822 e. The molecule has 0 amide bonds. The number of hydrogen-bond donors (Lipinski definition) is 1. The summed E-state index contributed by atoms with van der Waals surface area (Å²) in [7, 11) is 0. The van der Waals surface area contributed by atoms with Gasteiger partial charge in [-0.05, 0) is 25.5 Å². The molecule has 2 N–H and O–H groups in total. The first-order valence-electron chi connectivity index (χ1n) is 7.04. The molecule has 1 aliphatic rings. The summed E-state index contributed by atoms with van der Waals surface area (Å²) in [5.74, 6) is 0. The van der Waals surface area contributed by atoms with Crippen LogP contribution < -0.4 is 10.6 Å². The van der Waals surface area contributed by atoms with E-state index in [-0.39, 0.29) is 0 Å². The van der Waals surface area contributed by atoms with Crippen LogP contribution in [0.4, 0.5) is 5.69 Å². The van der Waals surface area contributed by atoms with Crippen LogP contribution in [-0.2, 0) is 0 Å². The van der Waals surface area contributed by atoms with Gasteiger partial charge in [-0.1, -0.05) is 18.5 Å². The lowest BCUT2D eigenvalue weighted by molar-refractivity contribution is 0.173. The van der Waals surface area contributed by atoms with Crippen molar-refractivity contribution in [2.75, 3.05) is 37.6 Å². The summed E-state index contributed by atoms with van der Waals surface area (Å²) in [6, 6.07) is 2.62. The molecule has 19 heavy (non-hydrogen) atoms. The molecule has 1 unspecified atom stereocenters. The van der Waals surface area contributed by atoms with E-state index < -0.39 is 0 Å². The van der Waals surface area contributed by atoms with Gasteiger partial charge in [0.05, 0.1) is 10.7 Å². The van der Waals surface area contributed by atoms with Crippen molar-refractivity contribution in [2.45, 2.75) is 25.8 Å². The Morgan fingerprint density at radius 3 is 2.68 bits per heavy atom. The topological polar surface area (TPSA) is 45.4 Å². The number of piperazine rings is 1. The van der Waals surface area contributed by atoms with Crippen LogP contribution in [0.1, 0.15) is 19.8 Å². The number of nitrogens with zero attached hydrogens (tertiary/aromatic N) is 3. The fourth-order valence-corrected chi connectivity index (χ4v) is 3.03. The molecule has 0 radical (unpaired) electrons. The third-order valence-electron chi connectivity index (χ3n) is 3.89. The molecular formula is C14H23ClN4. The highest BCUT2D eigenvalue weighted by Gasteiger charge is 2.23. The van der Waals surface area contributed by atoms with Crippen LogP contribution in [0, 0.1) is 0 Å². The van der Waals surface area contributed by atoms with E-state index in [2.05, 4.69) is 21.7 Å². The second-order valence-corrected chi connectivity index (χ2v) is 5.40. The first-order valence-corrected chi connectivity index (χ1v) is 7.42. The molecule has 0 bridgehead atoms. The summed E-state index contributed by atoms with van der Waals surface area (Å²) in [5, 5.41) is 0.741. The van der Waals surface area contributed by atoms with Gasteiger partial charge in [-0.3, -0.25) is 9.88 Å². The average Bonchev–Trinajstić information content (AvgIpc) is 2.46. The lowest BCUT2D eigenvalue weighted by Crippen LogP contribution is -2.50. The molecular weight excluding hydrogens is 260 g/mol. The Balaban J connectivity index is 1.94. The molecule has 1 saturated heterocycles. The van der Waals surface area contributed by atoms with Crippen LogP contribution in [0.5, 0.6) is 0 Å². The van der Waals surface area contributed by atoms with Gasteiger partial charge in [-0.2, -0.15) is 0 Å². The molecule has 1 aromatic rings. The van der Waals surface area contributed by atoms with Crippen molar-refractivity contribution in [2.24, 2.45) is 5.73 Å². The molecule has 0 aromatic carbocycles. The Morgan fingerprint density at radius 2 is 2.11 bits per heavy atom. The van der Waals surface area contributed by atoms with Crippen LogP contribution >= 0.6 is 11.6 Å². The van der Waals surface area contributed by atoms with Gasteiger partial charge >= 0.3 is 0 Å². The molecule has 4 nitrogen and oxygen atoms in total. The van der Waals surface area contributed by atoms with Crippen molar-refractivity contribution in [3.05, 3.63) is 23.5 Å². The van der Waals surface area contributed by atoms with Crippen LogP contribution in [-0.4, -0.2) is 48.6 Å². The lowest BCUT2D eigenvalue weighted by atomic mass is 10.1.